The van der Waals surface area contributed by atoms with Crippen molar-refractivity contribution < 1.29 is 13.9 Å². The number of rotatable bonds is 6. The van der Waals surface area contributed by atoms with Crippen LogP contribution in [0.2, 0.25) is 0 Å². The van der Waals surface area contributed by atoms with Gasteiger partial charge in [-0.15, -0.1) is 0 Å². The zero-order valence-electron chi connectivity index (χ0n) is 16.2. The second kappa shape index (κ2) is 8.57. The van der Waals surface area contributed by atoms with Crippen molar-refractivity contribution in [2.45, 2.75) is 13.3 Å². The zero-order valence-corrected chi connectivity index (χ0v) is 16.2. The number of furan rings is 1. The molecule has 3 aromatic carbocycles. The van der Waals surface area contributed by atoms with Gasteiger partial charge in [-0.1, -0.05) is 60.7 Å². The van der Waals surface area contributed by atoms with Crippen LogP contribution in [-0.2, 0) is 16.0 Å². The Morgan fingerprint density at radius 3 is 2.21 bits per heavy atom. The highest BCUT2D eigenvalue weighted by atomic mass is 16.5. The molecule has 0 atom stereocenters. The largest absolute Gasteiger partial charge is 0.466 e. The van der Waals surface area contributed by atoms with Crippen molar-refractivity contribution >= 4 is 28.3 Å². The molecule has 1 aromatic heterocycles. The fourth-order valence-corrected chi connectivity index (χ4v) is 3.26. The van der Waals surface area contributed by atoms with Crippen LogP contribution in [0.4, 0.5) is 5.69 Å². The average Bonchev–Trinajstić information content (AvgIpc) is 3.15. The summed E-state index contributed by atoms with van der Waals surface area (Å²) in [6, 6.07) is 26.0. The van der Waals surface area contributed by atoms with Gasteiger partial charge in [0, 0.05) is 22.1 Å². The lowest BCUT2D eigenvalue weighted by Gasteiger charge is -2.08. The SMILES string of the molecule is CCOC(=O)Cc1coc2ccc(N=C(c3ccccc3)c3ccccc3)cc12. The highest BCUT2D eigenvalue weighted by Crippen LogP contribution is 2.28. The van der Waals surface area contributed by atoms with Crippen LogP contribution in [0.3, 0.4) is 0 Å². The second-order valence-electron chi connectivity index (χ2n) is 6.62. The molecule has 1 heterocycles. The number of ether oxygens (including phenoxy) is 1. The molecule has 4 rings (SSSR count). The van der Waals surface area contributed by atoms with Crippen LogP contribution in [0, 0.1) is 0 Å². The number of benzene rings is 3. The highest BCUT2D eigenvalue weighted by molar-refractivity contribution is 6.14. The van der Waals surface area contributed by atoms with E-state index >= 15 is 0 Å². The third-order valence-corrected chi connectivity index (χ3v) is 4.61. The van der Waals surface area contributed by atoms with Crippen LogP contribution in [0.5, 0.6) is 0 Å². The molecule has 4 aromatic rings. The lowest BCUT2D eigenvalue weighted by atomic mass is 10.0. The molecule has 0 spiro atoms. The number of esters is 1. The van der Waals surface area contributed by atoms with E-state index in [0.29, 0.717) is 6.61 Å². The van der Waals surface area contributed by atoms with Crippen molar-refractivity contribution in [1.82, 2.24) is 0 Å². The molecule has 0 saturated heterocycles. The molecular weight excluding hydrogens is 362 g/mol. The molecule has 0 amide bonds. The third kappa shape index (κ3) is 4.27. The van der Waals surface area contributed by atoms with E-state index in [2.05, 4.69) is 0 Å². The summed E-state index contributed by atoms with van der Waals surface area (Å²) in [4.78, 5) is 16.8. The normalized spacial score (nSPS) is 10.7. The first-order valence-corrected chi connectivity index (χ1v) is 9.60. The van der Waals surface area contributed by atoms with Crippen LogP contribution in [0.15, 0.2) is 94.5 Å². The van der Waals surface area contributed by atoms with E-state index in [9.17, 15) is 4.79 Å². The maximum atomic E-state index is 11.9. The Balaban J connectivity index is 1.77. The molecule has 0 bridgehead atoms. The molecule has 0 fully saturated rings. The Morgan fingerprint density at radius 2 is 1.59 bits per heavy atom. The van der Waals surface area contributed by atoms with E-state index in [4.69, 9.17) is 14.1 Å². The minimum Gasteiger partial charge on any atom is -0.466 e. The number of hydrogen-bond acceptors (Lipinski definition) is 4. The van der Waals surface area contributed by atoms with Gasteiger partial charge in [-0.05, 0) is 25.1 Å². The summed E-state index contributed by atoms with van der Waals surface area (Å²) in [6.07, 6.45) is 1.79. The van der Waals surface area contributed by atoms with Crippen molar-refractivity contribution in [3.8, 4) is 0 Å². The molecule has 144 valence electrons. The molecule has 4 heteroatoms. The maximum Gasteiger partial charge on any atom is 0.310 e. The Hall–Kier alpha value is -3.66. The number of carbonyl (C=O) groups excluding carboxylic acids is 1. The zero-order chi connectivity index (χ0) is 20.1. The van der Waals surface area contributed by atoms with Gasteiger partial charge in [0.05, 0.1) is 30.7 Å². The van der Waals surface area contributed by atoms with Gasteiger partial charge in [0.25, 0.3) is 0 Å². The molecule has 0 aliphatic rings. The minimum atomic E-state index is -0.265. The Morgan fingerprint density at radius 1 is 0.931 bits per heavy atom. The lowest BCUT2D eigenvalue weighted by molar-refractivity contribution is -0.142. The highest BCUT2D eigenvalue weighted by Gasteiger charge is 2.13. The number of hydrogen-bond donors (Lipinski definition) is 0. The molecular formula is C25H21NO3. The predicted molar refractivity (Wildman–Crippen MR) is 115 cm³/mol. The van der Waals surface area contributed by atoms with Crippen molar-refractivity contribution in [1.29, 1.82) is 0 Å². The van der Waals surface area contributed by atoms with E-state index in [-0.39, 0.29) is 12.4 Å². The van der Waals surface area contributed by atoms with Crippen LogP contribution < -0.4 is 0 Å². The number of nitrogens with zero attached hydrogens (tertiary/aromatic N) is 1. The van der Waals surface area contributed by atoms with Crippen LogP contribution >= 0.6 is 0 Å². The first-order chi connectivity index (χ1) is 14.2. The van der Waals surface area contributed by atoms with Gasteiger partial charge < -0.3 is 9.15 Å². The van der Waals surface area contributed by atoms with Crippen molar-refractivity contribution in [2.75, 3.05) is 6.61 Å². The van der Waals surface area contributed by atoms with Crippen LogP contribution in [0.25, 0.3) is 11.0 Å². The van der Waals surface area contributed by atoms with E-state index in [0.717, 1.165) is 39.1 Å². The minimum absolute atomic E-state index is 0.179. The van der Waals surface area contributed by atoms with Gasteiger partial charge in [0.15, 0.2) is 0 Å². The summed E-state index contributed by atoms with van der Waals surface area (Å²) in [7, 11) is 0. The third-order valence-electron chi connectivity index (χ3n) is 4.61. The molecule has 0 N–H and O–H groups in total. The van der Waals surface area contributed by atoms with Crippen LogP contribution in [-0.4, -0.2) is 18.3 Å². The second-order valence-corrected chi connectivity index (χ2v) is 6.62. The van der Waals surface area contributed by atoms with Crippen molar-refractivity contribution in [3.63, 3.8) is 0 Å². The summed E-state index contributed by atoms with van der Waals surface area (Å²) in [5.41, 5.74) is 5.30. The fraction of sp³-hybridized carbons (Fsp3) is 0.120. The molecule has 0 aliphatic heterocycles. The summed E-state index contributed by atoms with van der Waals surface area (Å²) in [5.74, 6) is -0.265. The van der Waals surface area contributed by atoms with E-state index in [1.807, 2.05) is 78.9 Å². The van der Waals surface area contributed by atoms with E-state index in [1.165, 1.54) is 0 Å². The molecule has 0 radical (unpaired) electrons. The molecule has 29 heavy (non-hydrogen) atoms. The summed E-state index contributed by atoms with van der Waals surface area (Å²) in [5, 5.41) is 0.875. The van der Waals surface area contributed by atoms with Gasteiger partial charge in [-0.3, -0.25) is 4.79 Å². The van der Waals surface area contributed by atoms with Crippen molar-refractivity contribution in [2.24, 2.45) is 4.99 Å². The molecule has 0 saturated carbocycles. The molecule has 0 unspecified atom stereocenters. The monoisotopic (exact) mass is 383 g/mol. The topological polar surface area (TPSA) is 51.8 Å². The van der Waals surface area contributed by atoms with Gasteiger partial charge in [0.1, 0.15) is 5.58 Å². The number of fused-ring (bicyclic) bond motifs is 1. The number of carbonyl (C=O) groups is 1. The van der Waals surface area contributed by atoms with Crippen LogP contribution in [0.1, 0.15) is 23.6 Å². The standard InChI is InChI=1S/C25H21NO3/c1-2-28-24(27)15-20-17-29-23-14-13-21(16-22(20)23)26-25(18-9-5-3-6-10-18)19-11-7-4-8-12-19/h3-14,16-17H,2,15H2,1H3. The smallest absolute Gasteiger partial charge is 0.310 e. The quantitative estimate of drug-likeness (QED) is 0.317. The predicted octanol–water partition coefficient (Wildman–Crippen LogP) is 5.71. The average molecular weight is 383 g/mol. The Kier molecular flexibility index (Phi) is 5.52. The lowest BCUT2D eigenvalue weighted by Crippen LogP contribution is -2.06. The summed E-state index contributed by atoms with van der Waals surface area (Å²) >= 11 is 0. The van der Waals surface area contributed by atoms with Gasteiger partial charge in [0.2, 0.25) is 0 Å². The first kappa shape index (κ1) is 18.7. The molecule has 4 nitrogen and oxygen atoms in total. The fourth-order valence-electron chi connectivity index (χ4n) is 3.26. The summed E-state index contributed by atoms with van der Waals surface area (Å²) < 4.78 is 10.7. The van der Waals surface area contributed by atoms with Gasteiger partial charge in [-0.25, -0.2) is 4.99 Å². The molecule has 0 aliphatic carbocycles. The van der Waals surface area contributed by atoms with Gasteiger partial charge in [-0.2, -0.15) is 0 Å². The first-order valence-electron chi connectivity index (χ1n) is 9.60. The van der Waals surface area contributed by atoms with E-state index in [1.54, 1.807) is 13.2 Å². The Bertz CT molecular complexity index is 1100. The number of aliphatic imine (C=N–C) groups is 1. The Labute approximate surface area is 169 Å². The van der Waals surface area contributed by atoms with E-state index < -0.39 is 0 Å². The van der Waals surface area contributed by atoms with Gasteiger partial charge >= 0.3 is 5.97 Å². The maximum absolute atomic E-state index is 11.9. The van der Waals surface area contributed by atoms with Crippen molar-refractivity contribution in [3.05, 3.63) is 102 Å². The summed E-state index contributed by atoms with van der Waals surface area (Å²) in [6.45, 7) is 2.16.